The first-order valence-corrected chi connectivity index (χ1v) is 5.96. The lowest BCUT2D eigenvalue weighted by atomic mass is 9.97. The van der Waals surface area contributed by atoms with E-state index in [4.69, 9.17) is 19.3 Å². The van der Waals surface area contributed by atoms with Crippen molar-refractivity contribution in [1.82, 2.24) is 0 Å². The van der Waals surface area contributed by atoms with Crippen molar-refractivity contribution in [2.24, 2.45) is 0 Å². The minimum Gasteiger partial charge on any atom is -0.493 e. The molecule has 1 rings (SSSR count). The summed E-state index contributed by atoms with van der Waals surface area (Å²) in [6, 6.07) is 5.11. The predicted octanol–water partition coefficient (Wildman–Crippen LogP) is 1.96. The molecule has 1 N–H and O–H groups in total. The highest BCUT2D eigenvalue weighted by molar-refractivity contribution is 5.90. The SMILES string of the molecule is COc1ccc(C(C)(C)OC(=O)CC(=O)O)cc1OC. The molecule has 0 atom stereocenters. The van der Waals surface area contributed by atoms with Crippen LogP contribution in [0.4, 0.5) is 0 Å². The molecule has 0 aliphatic heterocycles. The number of carboxylic acid groups (broad SMARTS) is 1. The molecule has 0 saturated heterocycles. The van der Waals surface area contributed by atoms with Gasteiger partial charge in [0.05, 0.1) is 14.2 Å². The second-order valence-corrected chi connectivity index (χ2v) is 4.62. The van der Waals surface area contributed by atoms with Crippen molar-refractivity contribution in [3.8, 4) is 11.5 Å². The van der Waals surface area contributed by atoms with Gasteiger partial charge in [-0.2, -0.15) is 0 Å². The van der Waals surface area contributed by atoms with Crippen molar-refractivity contribution in [2.75, 3.05) is 14.2 Å². The van der Waals surface area contributed by atoms with Gasteiger partial charge in [0, 0.05) is 0 Å². The van der Waals surface area contributed by atoms with E-state index in [1.165, 1.54) is 14.2 Å². The van der Waals surface area contributed by atoms with Gasteiger partial charge in [-0.15, -0.1) is 0 Å². The number of methoxy groups -OCH3 is 2. The Hall–Kier alpha value is -2.24. The van der Waals surface area contributed by atoms with E-state index in [9.17, 15) is 9.59 Å². The van der Waals surface area contributed by atoms with Crippen LogP contribution >= 0.6 is 0 Å². The van der Waals surface area contributed by atoms with Crippen LogP contribution in [0.5, 0.6) is 11.5 Å². The van der Waals surface area contributed by atoms with Gasteiger partial charge in [-0.1, -0.05) is 6.07 Å². The van der Waals surface area contributed by atoms with Crippen LogP contribution in [0.1, 0.15) is 25.8 Å². The van der Waals surface area contributed by atoms with Gasteiger partial charge in [-0.25, -0.2) is 0 Å². The molecule has 6 nitrogen and oxygen atoms in total. The number of aliphatic carboxylic acids is 1. The van der Waals surface area contributed by atoms with Crippen molar-refractivity contribution in [1.29, 1.82) is 0 Å². The van der Waals surface area contributed by atoms with Crippen LogP contribution in [0.25, 0.3) is 0 Å². The average Bonchev–Trinajstić information content (AvgIpc) is 2.36. The Morgan fingerprint density at radius 1 is 1.15 bits per heavy atom. The predicted molar refractivity (Wildman–Crippen MR) is 70.9 cm³/mol. The summed E-state index contributed by atoms with van der Waals surface area (Å²) < 4.78 is 15.5. The zero-order chi connectivity index (χ0) is 15.3. The van der Waals surface area contributed by atoms with E-state index in [0.29, 0.717) is 17.1 Å². The van der Waals surface area contributed by atoms with E-state index in [1.54, 1.807) is 32.0 Å². The second kappa shape index (κ2) is 6.27. The van der Waals surface area contributed by atoms with Crippen molar-refractivity contribution in [3.05, 3.63) is 23.8 Å². The number of carbonyl (C=O) groups is 2. The van der Waals surface area contributed by atoms with Crippen LogP contribution in [-0.2, 0) is 19.9 Å². The zero-order valence-electron chi connectivity index (χ0n) is 11.9. The van der Waals surface area contributed by atoms with E-state index in [-0.39, 0.29) is 0 Å². The molecular weight excluding hydrogens is 264 g/mol. The van der Waals surface area contributed by atoms with Gasteiger partial charge in [0.1, 0.15) is 12.0 Å². The molecule has 0 aliphatic carbocycles. The molecule has 1 aromatic rings. The molecule has 0 fully saturated rings. The number of hydrogen-bond donors (Lipinski definition) is 1. The Balaban J connectivity index is 2.97. The summed E-state index contributed by atoms with van der Waals surface area (Å²) in [5.41, 5.74) is -0.291. The van der Waals surface area contributed by atoms with Crippen molar-refractivity contribution >= 4 is 11.9 Å². The van der Waals surface area contributed by atoms with Gasteiger partial charge in [-0.3, -0.25) is 9.59 Å². The number of carbonyl (C=O) groups excluding carboxylic acids is 1. The molecule has 0 bridgehead atoms. The Bertz CT molecular complexity index is 506. The minimum absolute atomic E-state index is 0.507. The van der Waals surface area contributed by atoms with E-state index in [1.807, 2.05) is 0 Å². The third kappa shape index (κ3) is 3.88. The first-order chi connectivity index (χ1) is 9.30. The third-order valence-electron chi connectivity index (χ3n) is 2.74. The highest BCUT2D eigenvalue weighted by Crippen LogP contribution is 2.33. The highest BCUT2D eigenvalue weighted by atomic mass is 16.6. The Labute approximate surface area is 117 Å². The van der Waals surface area contributed by atoms with Gasteiger partial charge >= 0.3 is 11.9 Å². The van der Waals surface area contributed by atoms with Gasteiger partial charge in [-0.05, 0) is 31.5 Å². The monoisotopic (exact) mass is 282 g/mol. The maximum Gasteiger partial charge on any atom is 0.318 e. The van der Waals surface area contributed by atoms with Gasteiger partial charge < -0.3 is 19.3 Å². The standard InChI is InChI=1S/C14H18O6/c1-14(2,20-13(17)8-12(15)16)9-5-6-10(18-3)11(7-9)19-4/h5-7H,8H2,1-4H3,(H,15,16). The smallest absolute Gasteiger partial charge is 0.318 e. The third-order valence-corrected chi connectivity index (χ3v) is 2.74. The number of benzene rings is 1. The molecule has 110 valence electrons. The van der Waals surface area contributed by atoms with Crippen LogP contribution in [0.2, 0.25) is 0 Å². The summed E-state index contributed by atoms with van der Waals surface area (Å²) in [5.74, 6) is -0.952. The topological polar surface area (TPSA) is 82.1 Å². The summed E-state index contributed by atoms with van der Waals surface area (Å²) in [7, 11) is 3.03. The molecule has 0 unspecified atom stereocenters. The van der Waals surface area contributed by atoms with Gasteiger partial charge in [0.2, 0.25) is 0 Å². The molecular formula is C14H18O6. The summed E-state index contributed by atoms with van der Waals surface area (Å²) in [5, 5.41) is 8.56. The van der Waals surface area contributed by atoms with Crippen molar-refractivity contribution in [2.45, 2.75) is 25.9 Å². The first kappa shape index (κ1) is 15.8. The molecule has 6 heteroatoms. The summed E-state index contributed by atoms with van der Waals surface area (Å²) >= 11 is 0. The number of esters is 1. The van der Waals surface area contributed by atoms with Crippen LogP contribution in [-0.4, -0.2) is 31.3 Å². The molecule has 0 heterocycles. The summed E-state index contributed by atoms with van der Waals surface area (Å²) in [6.07, 6.45) is -0.670. The molecule has 20 heavy (non-hydrogen) atoms. The van der Waals surface area contributed by atoms with Gasteiger partial charge in [0.15, 0.2) is 11.5 Å². The molecule has 0 spiro atoms. The number of hydrogen-bond acceptors (Lipinski definition) is 5. The molecule has 0 amide bonds. The van der Waals surface area contributed by atoms with Crippen molar-refractivity contribution < 1.29 is 28.9 Å². The average molecular weight is 282 g/mol. The van der Waals surface area contributed by atoms with Crippen LogP contribution in [0.3, 0.4) is 0 Å². The first-order valence-electron chi connectivity index (χ1n) is 5.96. The quantitative estimate of drug-likeness (QED) is 0.634. The lowest BCUT2D eigenvalue weighted by Gasteiger charge is -2.26. The van der Waals surface area contributed by atoms with Crippen LogP contribution < -0.4 is 9.47 Å². The largest absolute Gasteiger partial charge is 0.493 e. The molecule has 1 aromatic carbocycles. The summed E-state index contributed by atoms with van der Waals surface area (Å²) in [4.78, 5) is 21.9. The highest BCUT2D eigenvalue weighted by Gasteiger charge is 2.27. The lowest BCUT2D eigenvalue weighted by molar-refractivity contribution is -0.161. The maximum atomic E-state index is 11.5. The fourth-order valence-corrected chi connectivity index (χ4v) is 1.71. The fourth-order valence-electron chi connectivity index (χ4n) is 1.71. The van der Waals surface area contributed by atoms with E-state index >= 15 is 0 Å². The second-order valence-electron chi connectivity index (χ2n) is 4.62. The van der Waals surface area contributed by atoms with E-state index in [0.717, 1.165) is 0 Å². The maximum absolute atomic E-state index is 11.5. The lowest BCUT2D eigenvalue weighted by Crippen LogP contribution is -2.26. The summed E-state index contributed by atoms with van der Waals surface area (Å²) in [6.45, 7) is 3.35. The zero-order valence-corrected chi connectivity index (χ0v) is 11.9. The number of rotatable bonds is 6. The number of ether oxygens (including phenoxy) is 3. The van der Waals surface area contributed by atoms with E-state index < -0.39 is 24.0 Å². The van der Waals surface area contributed by atoms with E-state index in [2.05, 4.69) is 0 Å². The van der Waals surface area contributed by atoms with Crippen LogP contribution in [0.15, 0.2) is 18.2 Å². The Morgan fingerprint density at radius 3 is 2.25 bits per heavy atom. The molecule has 0 aliphatic rings. The molecule has 0 radical (unpaired) electrons. The fraction of sp³-hybridized carbons (Fsp3) is 0.429. The number of carboxylic acids is 1. The Morgan fingerprint density at radius 2 is 1.75 bits per heavy atom. The van der Waals surface area contributed by atoms with Crippen LogP contribution in [0, 0.1) is 0 Å². The normalized spacial score (nSPS) is 10.8. The molecule has 0 aromatic heterocycles. The molecule has 0 saturated carbocycles. The van der Waals surface area contributed by atoms with Gasteiger partial charge in [0.25, 0.3) is 0 Å². The minimum atomic E-state index is -1.22. The Kier molecular flexibility index (Phi) is 4.96. The van der Waals surface area contributed by atoms with Crippen molar-refractivity contribution in [3.63, 3.8) is 0 Å².